The summed E-state index contributed by atoms with van der Waals surface area (Å²) in [6, 6.07) is 7.85. The minimum atomic E-state index is -0.212. The Kier molecular flexibility index (Phi) is 5.98. The monoisotopic (exact) mass is 293 g/mol. The van der Waals surface area contributed by atoms with Gasteiger partial charge < -0.3 is 25.0 Å². The molecule has 2 N–H and O–H groups in total. The lowest BCUT2D eigenvalue weighted by atomic mass is 10.2. The van der Waals surface area contributed by atoms with Crippen molar-refractivity contribution in [1.82, 2.24) is 4.90 Å². The van der Waals surface area contributed by atoms with Crippen LogP contribution in [0.15, 0.2) is 24.3 Å². The topological polar surface area (TPSA) is 65.0 Å². The van der Waals surface area contributed by atoms with Gasteiger partial charge in [-0.2, -0.15) is 0 Å². The molecule has 0 atom stereocenters. The van der Waals surface area contributed by atoms with Crippen molar-refractivity contribution in [2.75, 3.05) is 63.3 Å². The van der Waals surface area contributed by atoms with Gasteiger partial charge in [0.25, 0.3) is 0 Å². The van der Waals surface area contributed by atoms with Gasteiger partial charge in [-0.3, -0.25) is 4.79 Å². The number of likely N-dealkylation sites (N-methyl/N-ethyl adjacent to an activating group) is 1. The molecule has 6 nitrogen and oxygen atoms in total. The van der Waals surface area contributed by atoms with Crippen LogP contribution in [0.25, 0.3) is 0 Å². The normalized spacial score (nSPS) is 16.0. The van der Waals surface area contributed by atoms with Crippen LogP contribution in [0.4, 0.5) is 11.4 Å². The van der Waals surface area contributed by atoms with Crippen LogP contribution in [-0.4, -0.2) is 69.0 Å². The third-order valence-electron chi connectivity index (χ3n) is 3.49. The Morgan fingerprint density at radius 2 is 1.90 bits per heavy atom. The predicted molar refractivity (Wildman–Crippen MR) is 82.7 cm³/mol. The molecular weight excluding hydrogens is 270 g/mol. The number of rotatable bonds is 6. The maximum atomic E-state index is 11.6. The smallest absolute Gasteiger partial charge is 0.250 e. The van der Waals surface area contributed by atoms with E-state index < -0.39 is 0 Å². The van der Waals surface area contributed by atoms with E-state index in [0.717, 1.165) is 31.9 Å². The Morgan fingerprint density at radius 1 is 1.24 bits per heavy atom. The Bertz CT molecular complexity index is 442. The molecule has 0 bridgehead atoms. The van der Waals surface area contributed by atoms with Crippen LogP contribution >= 0.6 is 0 Å². The molecule has 0 radical (unpaired) electrons. The van der Waals surface area contributed by atoms with Gasteiger partial charge in [0.15, 0.2) is 0 Å². The summed E-state index contributed by atoms with van der Waals surface area (Å²) in [4.78, 5) is 16.2. The van der Waals surface area contributed by atoms with E-state index in [4.69, 9.17) is 9.84 Å². The summed E-state index contributed by atoms with van der Waals surface area (Å²) in [6.07, 6.45) is 0. The third-order valence-corrected chi connectivity index (χ3v) is 3.49. The Morgan fingerprint density at radius 3 is 2.52 bits per heavy atom. The lowest BCUT2D eigenvalue weighted by Gasteiger charge is -2.34. The quantitative estimate of drug-likeness (QED) is 0.743. The number of aliphatic hydroxyl groups excluding tert-OH is 1. The van der Waals surface area contributed by atoms with Crippen LogP contribution in [0.1, 0.15) is 0 Å². The Hall–Kier alpha value is -1.63. The highest BCUT2D eigenvalue weighted by molar-refractivity contribution is 5.91. The van der Waals surface area contributed by atoms with Crippen LogP contribution in [0.2, 0.25) is 0 Å². The summed E-state index contributed by atoms with van der Waals surface area (Å²) in [5.74, 6) is -0.212. The predicted octanol–water partition coefficient (Wildman–Crippen LogP) is 0.386. The summed E-state index contributed by atoms with van der Waals surface area (Å²) in [5, 5.41) is 11.3. The van der Waals surface area contributed by atoms with E-state index in [-0.39, 0.29) is 25.7 Å². The van der Waals surface area contributed by atoms with Crippen molar-refractivity contribution >= 4 is 17.3 Å². The first-order valence-electron chi connectivity index (χ1n) is 7.21. The molecule has 1 amide bonds. The number of anilines is 2. The summed E-state index contributed by atoms with van der Waals surface area (Å²) >= 11 is 0. The molecule has 1 aromatic rings. The first-order valence-corrected chi connectivity index (χ1v) is 7.21. The van der Waals surface area contributed by atoms with Crippen molar-refractivity contribution in [3.05, 3.63) is 24.3 Å². The van der Waals surface area contributed by atoms with Gasteiger partial charge in [-0.1, -0.05) is 0 Å². The van der Waals surface area contributed by atoms with E-state index in [1.165, 1.54) is 5.69 Å². The molecule has 116 valence electrons. The summed E-state index contributed by atoms with van der Waals surface area (Å²) in [5.41, 5.74) is 1.93. The molecule has 1 aliphatic rings. The van der Waals surface area contributed by atoms with E-state index >= 15 is 0 Å². The molecule has 0 aromatic heterocycles. The lowest BCUT2D eigenvalue weighted by molar-refractivity contribution is -0.120. The Balaban J connectivity index is 1.83. The van der Waals surface area contributed by atoms with Crippen LogP contribution < -0.4 is 10.2 Å². The van der Waals surface area contributed by atoms with Gasteiger partial charge in [-0.15, -0.1) is 0 Å². The molecule has 0 spiro atoms. The van der Waals surface area contributed by atoms with Crippen molar-refractivity contribution in [1.29, 1.82) is 0 Å². The van der Waals surface area contributed by atoms with Crippen LogP contribution in [0.5, 0.6) is 0 Å². The highest BCUT2D eigenvalue weighted by Crippen LogP contribution is 2.19. The summed E-state index contributed by atoms with van der Waals surface area (Å²) < 4.78 is 4.97. The van der Waals surface area contributed by atoms with Gasteiger partial charge in [0.2, 0.25) is 5.91 Å². The van der Waals surface area contributed by atoms with Gasteiger partial charge in [0.1, 0.15) is 6.61 Å². The number of carbonyl (C=O) groups is 1. The fraction of sp³-hybridized carbons (Fsp3) is 0.533. The molecule has 1 fully saturated rings. The van der Waals surface area contributed by atoms with Crippen molar-refractivity contribution in [2.24, 2.45) is 0 Å². The SMILES string of the molecule is CN1CCN(c2ccc(NC(=O)COCCO)cc2)CC1. The van der Waals surface area contributed by atoms with E-state index in [0.29, 0.717) is 0 Å². The molecule has 21 heavy (non-hydrogen) atoms. The second kappa shape index (κ2) is 7.97. The maximum absolute atomic E-state index is 11.6. The van der Waals surface area contributed by atoms with Gasteiger partial charge in [-0.25, -0.2) is 0 Å². The second-order valence-corrected chi connectivity index (χ2v) is 5.16. The van der Waals surface area contributed by atoms with E-state index in [1.54, 1.807) is 0 Å². The minimum absolute atomic E-state index is 0.0409. The van der Waals surface area contributed by atoms with Crippen molar-refractivity contribution in [3.63, 3.8) is 0 Å². The first-order chi connectivity index (χ1) is 10.2. The van der Waals surface area contributed by atoms with Crippen molar-refractivity contribution in [3.8, 4) is 0 Å². The van der Waals surface area contributed by atoms with Gasteiger partial charge in [0, 0.05) is 37.6 Å². The number of amides is 1. The Labute approximate surface area is 125 Å². The zero-order chi connectivity index (χ0) is 15.1. The number of aliphatic hydroxyl groups is 1. The van der Waals surface area contributed by atoms with Crippen LogP contribution in [0.3, 0.4) is 0 Å². The van der Waals surface area contributed by atoms with Crippen molar-refractivity contribution in [2.45, 2.75) is 0 Å². The standard InChI is InChI=1S/C15H23N3O3/c1-17-6-8-18(9-7-17)14-4-2-13(3-5-14)16-15(20)12-21-11-10-19/h2-5,19H,6-12H2,1H3,(H,16,20). The van der Waals surface area contributed by atoms with Gasteiger partial charge in [0.05, 0.1) is 13.2 Å². The molecule has 0 aliphatic carbocycles. The number of ether oxygens (including phenoxy) is 1. The fourth-order valence-corrected chi connectivity index (χ4v) is 2.25. The number of nitrogens with zero attached hydrogens (tertiary/aromatic N) is 2. The second-order valence-electron chi connectivity index (χ2n) is 5.16. The zero-order valence-electron chi connectivity index (χ0n) is 12.4. The van der Waals surface area contributed by atoms with Crippen LogP contribution in [0, 0.1) is 0 Å². The molecule has 2 rings (SSSR count). The van der Waals surface area contributed by atoms with Crippen LogP contribution in [-0.2, 0) is 9.53 Å². The highest BCUT2D eigenvalue weighted by Gasteiger charge is 2.14. The zero-order valence-corrected chi connectivity index (χ0v) is 12.4. The molecule has 1 saturated heterocycles. The van der Waals surface area contributed by atoms with E-state index in [9.17, 15) is 4.79 Å². The molecule has 0 saturated carbocycles. The number of benzene rings is 1. The van der Waals surface area contributed by atoms with Gasteiger partial charge in [-0.05, 0) is 31.3 Å². The maximum Gasteiger partial charge on any atom is 0.250 e. The largest absolute Gasteiger partial charge is 0.394 e. The molecular formula is C15H23N3O3. The molecule has 6 heteroatoms. The van der Waals surface area contributed by atoms with E-state index in [1.807, 2.05) is 24.3 Å². The third kappa shape index (κ3) is 5.00. The molecule has 1 aliphatic heterocycles. The number of hydrogen-bond acceptors (Lipinski definition) is 5. The van der Waals surface area contributed by atoms with Crippen molar-refractivity contribution < 1.29 is 14.6 Å². The average molecular weight is 293 g/mol. The fourth-order valence-electron chi connectivity index (χ4n) is 2.25. The van der Waals surface area contributed by atoms with E-state index in [2.05, 4.69) is 22.2 Å². The van der Waals surface area contributed by atoms with Gasteiger partial charge >= 0.3 is 0 Å². The summed E-state index contributed by atoms with van der Waals surface area (Å²) in [6.45, 7) is 4.25. The number of carbonyl (C=O) groups excluding carboxylic acids is 1. The number of nitrogens with one attached hydrogen (secondary N) is 1. The number of hydrogen-bond donors (Lipinski definition) is 2. The minimum Gasteiger partial charge on any atom is -0.394 e. The lowest BCUT2D eigenvalue weighted by Crippen LogP contribution is -2.44. The molecule has 1 heterocycles. The molecule has 1 aromatic carbocycles. The highest BCUT2D eigenvalue weighted by atomic mass is 16.5. The average Bonchev–Trinajstić information content (AvgIpc) is 2.49. The molecule has 0 unspecified atom stereocenters. The number of piperazine rings is 1. The first kappa shape index (κ1) is 15.8. The summed E-state index contributed by atoms with van der Waals surface area (Å²) in [7, 11) is 2.13.